The van der Waals surface area contributed by atoms with E-state index in [2.05, 4.69) is 10.3 Å². The zero-order valence-corrected chi connectivity index (χ0v) is 13.1. The fraction of sp³-hybridized carbons (Fsp3) is 0.467. The van der Waals surface area contributed by atoms with Crippen LogP contribution in [0.25, 0.3) is 11.5 Å². The van der Waals surface area contributed by atoms with E-state index in [1.54, 1.807) is 6.07 Å². The van der Waals surface area contributed by atoms with Gasteiger partial charge in [-0.1, -0.05) is 0 Å². The van der Waals surface area contributed by atoms with Crippen molar-refractivity contribution in [2.75, 3.05) is 19.8 Å². The number of thiazole rings is 1. The Hall–Kier alpha value is -1.70. The first kappa shape index (κ1) is 15.2. The summed E-state index contributed by atoms with van der Waals surface area (Å²) in [6.45, 7) is 3.17. The molecule has 0 aromatic carbocycles. The Kier molecular flexibility index (Phi) is 4.28. The summed E-state index contributed by atoms with van der Waals surface area (Å²) in [6, 6.07) is 1.66. The van der Waals surface area contributed by atoms with Crippen LogP contribution in [0.3, 0.4) is 0 Å². The fourth-order valence-electron chi connectivity index (χ4n) is 2.34. The Morgan fingerprint density at radius 1 is 1.50 bits per heavy atom. The molecule has 1 fully saturated rings. The van der Waals surface area contributed by atoms with Gasteiger partial charge < -0.3 is 19.6 Å². The number of ether oxygens (including phenoxy) is 1. The van der Waals surface area contributed by atoms with E-state index in [-0.39, 0.29) is 12.5 Å². The first-order chi connectivity index (χ1) is 10.6. The lowest BCUT2D eigenvalue weighted by Crippen LogP contribution is -2.46. The number of nitrogens with zero attached hydrogens (tertiary/aromatic N) is 1. The Morgan fingerprint density at radius 2 is 2.27 bits per heavy atom. The maximum Gasteiger partial charge on any atom is 0.254 e. The number of amides is 1. The molecule has 7 heteroatoms. The van der Waals surface area contributed by atoms with Crippen LogP contribution in [0.4, 0.5) is 0 Å². The third-order valence-corrected chi connectivity index (χ3v) is 4.51. The van der Waals surface area contributed by atoms with Gasteiger partial charge in [-0.15, -0.1) is 11.3 Å². The summed E-state index contributed by atoms with van der Waals surface area (Å²) in [4.78, 5) is 16.5. The molecule has 0 spiro atoms. The SMILES string of the molecule is Cc1nc(-c2cc(C(=O)NCC3(O)CCOCC3)co2)cs1. The fourth-order valence-corrected chi connectivity index (χ4v) is 2.94. The lowest BCUT2D eigenvalue weighted by atomic mass is 9.94. The zero-order chi connectivity index (χ0) is 15.6. The van der Waals surface area contributed by atoms with Gasteiger partial charge >= 0.3 is 0 Å². The van der Waals surface area contributed by atoms with Crippen LogP contribution in [-0.4, -0.2) is 41.4 Å². The predicted molar refractivity (Wildman–Crippen MR) is 81.9 cm³/mol. The van der Waals surface area contributed by atoms with Crippen molar-refractivity contribution >= 4 is 17.2 Å². The van der Waals surface area contributed by atoms with Crippen molar-refractivity contribution in [2.45, 2.75) is 25.4 Å². The second-order valence-corrected chi connectivity index (χ2v) is 6.53. The van der Waals surface area contributed by atoms with Crippen LogP contribution in [0.2, 0.25) is 0 Å². The summed E-state index contributed by atoms with van der Waals surface area (Å²) < 4.78 is 10.6. The van der Waals surface area contributed by atoms with Crippen LogP contribution in [-0.2, 0) is 4.74 Å². The minimum atomic E-state index is -0.882. The molecule has 0 unspecified atom stereocenters. The van der Waals surface area contributed by atoms with E-state index in [0.29, 0.717) is 37.4 Å². The number of aromatic nitrogens is 1. The van der Waals surface area contributed by atoms with E-state index in [0.717, 1.165) is 10.7 Å². The topological polar surface area (TPSA) is 84.6 Å². The van der Waals surface area contributed by atoms with Gasteiger partial charge in [-0.25, -0.2) is 4.98 Å². The Morgan fingerprint density at radius 3 is 2.95 bits per heavy atom. The van der Waals surface area contributed by atoms with Crippen molar-refractivity contribution in [2.24, 2.45) is 0 Å². The van der Waals surface area contributed by atoms with Crippen molar-refractivity contribution in [3.05, 3.63) is 28.3 Å². The molecular weight excluding hydrogens is 304 g/mol. The first-order valence-electron chi connectivity index (χ1n) is 7.15. The van der Waals surface area contributed by atoms with E-state index in [1.165, 1.54) is 17.6 Å². The first-order valence-corrected chi connectivity index (χ1v) is 8.03. The summed E-state index contributed by atoms with van der Waals surface area (Å²) in [7, 11) is 0. The van der Waals surface area contributed by atoms with Gasteiger partial charge in [0, 0.05) is 38.0 Å². The van der Waals surface area contributed by atoms with E-state index in [4.69, 9.17) is 9.15 Å². The monoisotopic (exact) mass is 322 g/mol. The normalized spacial score (nSPS) is 17.4. The zero-order valence-electron chi connectivity index (χ0n) is 12.3. The molecule has 6 nitrogen and oxygen atoms in total. The number of nitrogens with one attached hydrogen (secondary N) is 1. The number of aliphatic hydroxyl groups is 1. The highest BCUT2D eigenvalue weighted by molar-refractivity contribution is 7.09. The van der Waals surface area contributed by atoms with Gasteiger partial charge in [0.1, 0.15) is 12.0 Å². The third kappa shape index (κ3) is 3.37. The van der Waals surface area contributed by atoms with Crippen molar-refractivity contribution < 1.29 is 19.1 Å². The molecule has 1 aliphatic heterocycles. The highest BCUT2D eigenvalue weighted by Crippen LogP contribution is 2.24. The molecule has 3 heterocycles. The second-order valence-electron chi connectivity index (χ2n) is 5.47. The number of carbonyl (C=O) groups is 1. The number of aryl methyl sites for hydroxylation is 1. The number of furan rings is 1. The predicted octanol–water partition coefficient (Wildman–Crippen LogP) is 1.98. The lowest BCUT2D eigenvalue weighted by molar-refractivity contribution is -0.0605. The van der Waals surface area contributed by atoms with Crippen molar-refractivity contribution in [3.8, 4) is 11.5 Å². The minimum Gasteiger partial charge on any atom is -0.462 e. The number of rotatable bonds is 4. The molecule has 3 rings (SSSR count). The van der Waals surface area contributed by atoms with Gasteiger partial charge in [0.2, 0.25) is 0 Å². The molecule has 1 aliphatic rings. The summed E-state index contributed by atoms with van der Waals surface area (Å²) in [5, 5.41) is 15.9. The van der Waals surface area contributed by atoms with Gasteiger partial charge in [0.25, 0.3) is 5.91 Å². The summed E-state index contributed by atoms with van der Waals surface area (Å²) in [6.07, 6.45) is 2.47. The molecule has 1 amide bonds. The van der Waals surface area contributed by atoms with Gasteiger partial charge in [0.15, 0.2) is 5.76 Å². The van der Waals surface area contributed by atoms with Crippen LogP contribution in [0.1, 0.15) is 28.2 Å². The number of carbonyl (C=O) groups excluding carboxylic acids is 1. The molecule has 22 heavy (non-hydrogen) atoms. The molecule has 0 radical (unpaired) electrons. The molecule has 0 aliphatic carbocycles. The van der Waals surface area contributed by atoms with E-state index >= 15 is 0 Å². The van der Waals surface area contributed by atoms with Crippen molar-refractivity contribution in [1.29, 1.82) is 0 Å². The maximum atomic E-state index is 12.1. The standard InChI is InChI=1S/C15H18N2O4S/c1-10-17-12(8-22-10)13-6-11(7-21-13)14(18)16-9-15(19)2-4-20-5-3-15/h6-8,19H,2-5,9H2,1H3,(H,16,18). The molecule has 0 atom stereocenters. The molecule has 2 N–H and O–H groups in total. The van der Waals surface area contributed by atoms with Crippen molar-refractivity contribution in [3.63, 3.8) is 0 Å². The average molecular weight is 322 g/mol. The number of hydrogen-bond donors (Lipinski definition) is 2. The van der Waals surface area contributed by atoms with Gasteiger partial charge in [-0.05, 0) is 13.0 Å². The second kappa shape index (κ2) is 6.20. The quantitative estimate of drug-likeness (QED) is 0.899. The smallest absolute Gasteiger partial charge is 0.254 e. The molecule has 118 valence electrons. The Labute approximate surface area is 132 Å². The van der Waals surface area contributed by atoms with Crippen LogP contribution in [0, 0.1) is 6.92 Å². The van der Waals surface area contributed by atoms with Crippen LogP contribution in [0.5, 0.6) is 0 Å². The molecule has 2 aromatic heterocycles. The summed E-state index contributed by atoms with van der Waals surface area (Å²) in [5.41, 5.74) is 0.271. The van der Waals surface area contributed by atoms with Crippen molar-refractivity contribution in [1.82, 2.24) is 10.3 Å². The minimum absolute atomic E-state index is 0.214. The van der Waals surface area contributed by atoms with Gasteiger partial charge in [-0.2, -0.15) is 0 Å². The highest BCUT2D eigenvalue weighted by Gasteiger charge is 2.30. The highest BCUT2D eigenvalue weighted by atomic mass is 32.1. The Balaban J connectivity index is 1.62. The largest absolute Gasteiger partial charge is 0.462 e. The summed E-state index contributed by atoms with van der Waals surface area (Å²) >= 11 is 1.53. The van der Waals surface area contributed by atoms with Gasteiger partial charge in [-0.3, -0.25) is 4.79 Å². The van der Waals surface area contributed by atoms with E-state index < -0.39 is 5.60 Å². The van der Waals surface area contributed by atoms with Gasteiger partial charge in [0.05, 0.1) is 16.2 Å². The third-order valence-electron chi connectivity index (χ3n) is 3.73. The van der Waals surface area contributed by atoms with Crippen LogP contribution >= 0.6 is 11.3 Å². The molecule has 0 bridgehead atoms. The maximum absolute atomic E-state index is 12.1. The van der Waals surface area contributed by atoms with E-state index in [1.807, 2.05) is 12.3 Å². The van der Waals surface area contributed by atoms with E-state index in [9.17, 15) is 9.90 Å². The van der Waals surface area contributed by atoms with Crippen LogP contribution in [0.15, 0.2) is 22.1 Å². The molecule has 1 saturated heterocycles. The van der Waals surface area contributed by atoms with Crippen LogP contribution < -0.4 is 5.32 Å². The molecule has 2 aromatic rings. The summed E-state index contributed by atoms with van der Waals surface area (Å²) in [5.74, 6) is 0.307. The molecular formula is C15H18N2O4S. The lowest BCUT2D eigenvalue weighted by Gasteiger charge is -2.31. The average Bonchev–Trinajstić information content (AvgIpc) is 3.14. The molecule has 0 saturated carbocycles. The Bertz CT molecular complexity index is 658. The number of hydrogen-bond acceptors (Lipinski definition) is 6.